The Hall–Kier alpha value is -1.99. The Morgan fingerprint density at radius 1 is 1.52 bits per heavy atom. The molecule has 3 rings (SSSR count). The number of amides is 1. The molecule has 2 aromatic rings. The third kappa shape index (κ3) is 3.51. The van der Waals surface area contributed by atoms with Crippen molar-refractivity contribution in [2.45, 2.75) is 18.9 Å². The second kappa shape index (κ2) is 6.25. The average Bonchev–Trinajstić information content (AvgIpc) is 3.16. The Bertz CT molecular complexity index is 691. The molecule has 6 nitrogen and oxygen atoms in total. The lowest BCUT2D eigenvalue weighted by Gasteiger charge is -2.29. The second-order valence-corrected chi connectivity index (χ2v) is 7.00. The van der Waals surface area contributed by atoms with E-state index in [2.05, 4.69) is 9.97 Å². The molecule has 1 amide bonds. The van der Waals surface area contributed by atoms with Crippen molar-refractivity contribution >= 4 is 23.1 Å². The van der Waals surface area contributed by atoms with Gasteiger partial charge in [-0.25, -0.2) is 9.97 Å². The number of carbonyl (C=O) groups excluding carboxylic acids is 1. The molecule has 0 aromatic carbocycles. The summed E-state index contributed by atoms with van der Waals surface area (Å²) >= 11 is 1.41. The highest BCUT2D eigenvalue weighted by Crippen LogP contribution is 2.27. The number of nitrogens with zero attached hydrogens (tertiary/aromatic N) is 4. The van der Waals surface area contributed by atoms with Crippen molar-refractivity contribution in [3.8, 4) is 0 Å². The van der Waals surface area contributed by atoms with Gasteiger partial charge in [0, 0.05) is 31.9 Å². The van der Waals surface area contributed by atoms with E-state index in [0.717, 1.165) is 11.5 Å². The minimum atomic E-state index is -0.916. The van der Waals surface area contributed by atoms with Gasteiger partial charge in [-0.15, -0.1) is 11.3 Å². The predicted octanol–water partition coefficient (Wildman–Crippen LogP) is 1.56. The van der Waals surface area contributed by atoms with Crippen molar-refractivity contribution in [1.82, 2.24) is 14.9 Å². The van der Waals surface area contributed by atoms with Gasteiger partial charge in [0.1, 0.15) is 17.7 Å². The molecule has 7 heteroatoms. The van der Waals surface area contributed by atoms with E-state index in [9.17, 15) is 9.90 Å². The first-order valence-corrected chi connectivity index (χ1v) is 8.40. The van der Waals surface area contributed by atoms with Crippen LogP contribution in [-0.2, 0) is 0 Å². The number of aryl methyl sites for hydroxylation is 1. The van der Waals surface area contributed by atoms with E-state index in [1.54, 1.807) is 18.0 Å². The van der Waals surface area contributed by atoms with Crippen LogP contribution >= 0.6 is 11.3 Å². The molecule has 122 valence electrons. The zero-order chi connectivity index (χ0) is 16.4. The van der Waals surface area contributed by atoms with E-state index in [-0.39, 0.29) is 5.91 Å². The van der Waals surface area contributed by atoms with Gasteiger partial charge in [0.05, 0.1) is 11.4 Å². The topological polar surface area (TPSA) is 69.6 Å². The fourth-order valence-electron chi connectivity index (χ4n) is 2.90. The van der Waals surface area contributed by atoms with Gasteiger partial charge in [0.25, 0.3) is 5.91 Å². The zero-order valence-electron chi connectivity index (χ0n) is 13.3. The summed E-state index contributed by atoms with van der Waals surface area (Å²) in [4.78, 5) is 25.0. The molecule has 0 saturated carbocycles. The van der Waals surface area contributed by atoms with Crippen molar-refractivity contribution in [3.63, 3.8) is 0 Å². The van der Waals surface area contributed by atoms with E-state index in [0.29, 0.717) is 30.9 Å². The molecule has 1 N–H and O–H groups in total. The van der Waals surface area contributed by atoms with Gasteiger partial charge in [-0.2, -0.15) is 0 Å². The van der Waals surface area contributed by atoms with E-state index >= 15 is 0 Å². The molecular formula is C16H20N4O2S. The van der Waals surface area contributed by atoms with E-state index < -0.39 is 5.60 Å². The van der Waals surface area contributed by atoms with Crippen LogP contribution in [0, 0.1) is 6.92 Å². The number of hydrogen-bond acceptors (Lipinski definition) is 6. The maximum Gasteiger partial charge on any atom is 0.263 e. The quantitative estimate of drug-likeness (QED) is 0.920. The number of likely N-dealkylation sites (N-methyl/N-ethyl adjacent to an activating group) is 1. The standard InChI is InChI=1S/C16H20N4O2S/c1-12-8-14(18-11-17-12)20-6-5-16(22,10-20)9-19(2)15(21)13-4-3-7-23-13/h3-4,7-8,11,22H,5-6,9-10H2,1-2H3. The van der Waals surface area contributed by atoms with Gasteiger partial charge in [-0.3, -0.25) is 4.79 Å². The van der Waals surface area contributed by atoms with Gasteiger partial charge in [-0.05, 0) is 24.8 Å². The van der Waals surface area contributed by atoms with Crippen molar-refractivity contribution in [2.75, 3.05) is 31.6 Å². The first-order chi connectivity index (χ1) is 11.0. The van der Waals surface area contributed by atoms with Gasteiger partial charge in [0.2, 0.25) is 0 Å². The maximum absolute atomic E-state index is 12.3. The first-order valence-electron chi connectivity index (χ1n) is 7.52. The molecule has 3 heterocycles. The van der Waals surface area contributed by atoms with Crippen molar-refractivity contribution in [2.24, 2.45) is 0 Å². The predicted molar refractivity (Wildman–Crippen MR) is 89.8 cm³/mol. The molecule has 1 saturated heterocycles. The minimum absolute atomic E-state index is 0.0512. The number of thiophene rings is 1. The molecular weight excluding hydrogens is 312 g/mol. The molecule has 1 fully saturated rings. The Labute approximate surface area is 139 Å². The summed E-state index contributed by atoms with van der Waals surface area (Å²) < 4.78 is 0. The summed E-state index contributed by atoms with van der Waals surface area (Å²) in [6.45, 7) is 3.41. The Balaban J connectivity index is 1.65. The molecule has 0 aliphatic carbocycles. The van der Waals surface area contributed by atoms with E-state index in [1.165, 1.54) is 17.7 Å². The molecule has 2 aromatic heterocycles. The lowest BCUT2D eigenvalue weighted by atomic mass is 10.0. The van der Waals surface area contributed by atoms with Crippen LogP contribution in [0.4, 0.5) is 5.82 Å². The smallest absolute Gasteiger partial charge is 0.263 e. The molecule has 1 aliphatic heterocycles. The lowest BCUT2D eigenvalue weighted by Crippen LogP contribution is -2.45. The summed E-state index contributed by atoms with van der Waals surface area (Å²) in [5.74, 6) is 0.769. The van der Waals surface area contributed by atoms with Crippen LogP contribution in [0.1, 0.15) is 21.8 Å². The van der Waals surface area contributed by atoms with Crippen LogP contribution in [0.2, 0.25) is 0 Å². The van der Waals surface area contributed by atoms with Crippen LogP contribution < -0.4 is 4.90 Å². The van der Waals surface area contributed by atoms with Gasteiger partial charge in [0.15, 0.2) is 0 Å². The van der Waals surface area contributed by atoms with Crippen molar-refractivity contribution < 1.29 is 9.90 Å². The summed E-state index contributed by atoms with van der Waals surface area (Å²) in [6, 6.07) is 5.57. The Kier molecular flexibility index (Phi) is 4.32. The maximum atomic E-state index is 12.3. The molecule has 0 radical (unpaired) electrons. The highest BCUT2D eigenvalue weighted by molar-refractivity contribution is 7.12. The van der Waals surface area contributed by atoms with Gasteiger partial charge in [-0.1, -0.05) is 6.07 Å². The molecule has 23 heavy (non-hydrogen) atoms. The summed E-state index contributed by atoms with van der Waals surface area (Å²) in [7, 11) is 1.73. The van der Waals surface area contributed by atoms with Crippen LogP contribution in [-0.4, -0.2) is 58.2 Å². The summed E-state index contributed by atoms with van der Waals surface area (Å²) in [6.07, 6.45) is 2.15. The first kappa shape index (κ1) is 15.9. The van der Waals surface area contributed by atoms with Gasteiger partial charge >= 0.3 is 0 Å². The Morgan fingerprint density at radius 2 is 2.35 bits per heavy atom. The largest absolute Gasteiger partial charge is 0.386 e. The van der Waals surface area contributed by atoms with Crippen LogP contribution in [0.15, 0.2) is 29.9 Å². The summed E-state index contributed by atoms with van der Waals surface area (Å²) in [5, 5.41) is 12.7. The molecule has 1 unspecified atom stereocenters. The third-order valence-corrected chi connectivity index (χ3v) is 4.91. The fraction of sp³-hybridized carbons (Fsp3) is 0.438. The number of aromatic nitrogens is 2. The number of anilines is 1. The second-order valence-electron chi connectivity index (χ2n) is 6.05. The zero-order valence-corrected chi connectivity index (χ0v) is 14.1. The number of aliphatic hydroxyl groups is 1. The highest BCUT2D eigenvalue weighted by Gasteiger charge is 2.38. The normalized spacial score (nSPS) is 20.7. The van der Waals surface area contributed by atoms with E-state index in [4.69, 9.17) is 0 Å². The molecule has 1 atom stereocenters. The molecule has 1 aliphatic rings. The lowest BCUT2D eigenvalue weighted by molar-refractivity contribution is 0.0266. The minimum Gasteiger partial charge on any atom is -0.386 e. The van der Waals surface area contributed by atoms with Crippen molar-refractivity contribution in [1.29, 1.82) is 0 Å². The SMILES string of the molecule is Cc1cc(N2CCC(O)(CN(C)C(=O)c3cccs3)C2)ncn1. The monoisotopic (exact) mass is 332 g/mol. The van der Waals surface area contributed by atoms with E-state index in [1.807, 2.05) is 29.3 Å². The number of rotatable bonds is 4. The number of hydrogen-bond donors (Lipinski definition) is 1. The highest BCUT2D eigenvalue weighted by atomic mass is 32.1. The van der Waals surface area contributed by atoms with Crippen LogP contribution in [0.25, 0.3) is 0 Å². The molecule has 0 spiro atoms. The molecule has 0 bridgehead atoms. The van der Waals surface area contributed by atoms with Gasteiger partial charge < -0.3 is 14.9 Å². The van der Waals surface area contributed by atoms with Crippen LogP contribution in [0.5, 0.6) is 0 Å². The fourth-order valence-corrected chi connectivity index (χ4v) is 3.61. The number of β-amino-alcohol motifs (C(OH)–C–C–N with tert-alkyl or cyclic N) is 1. The summed E-state index contributed by atoms with van der Waals surface area (Å²) in [5.41, 5.74) is -0.0176. The Morgan fingerprint density at radius 3 is 3.04 bits per heavy atom. The van der Waals surface area contributed by atoms with Crippen LogP contribution in [0.3, 0.4) is 0 Å². The van der Waals surface area contributed by atoms with Crippen molar-refractivity contribution in [3.05, 3.63) is 40.5 Å². The average molecular weight is 332 g/mol. The third-order valence-electron chi connectivity index (χ3n) is 4.06. The number of carbonyl (C=O) groups is 1.